The molecule has 1 aliphatic rings. The lowest BCUT2D eigenvalue weighted by Crippen LogP contribution is -2.37. The number of rotatable bonds is 2. The highest BCUT2D eigenvalue weighted by atomic mass is 19.3. The molecule has 0 aromatic rings. The Hall–Kier alpha value is -0.930. The number of alkyl halides is 2. The fraction of sp³-hybridized carbons (Fsp3) is 0.571. The Morgan fingerprint density at radius 2 is 2.00 bits per heavy atom. The number of hydrogen-bond donors (Lipinski definition) is 1. The van der Waals surface area contributed by atoms with Crippen LogP contribution in [0.1, 0.15) is 12.8 Å². The first-order valence-electron chi connectivity index (χ1n) is 3.22. The van der Waals surface area contributed by atoms with Crippen LogP contribution in [-0.2, 0) is 4.79 Å². The fourth-order valence-electron chi connectivity index (χ4n) is 1.08. The zero-order valence-corrected chi connectivity index (χ0v) is 5.81. The van der Waals surface area contributed by atoms with Gasteiger partial charge in [-0.25, -0.2) is 13.6 Å². The summed E-state index contributed by atoms with van der Waals surface area (Å²) in [5, 5.41) is 8.34. The average molecular weight is 162 g/mol. The summed E-state index contributed by atoms with van der Waals surface area (Å²) in [5.74, 6) is -4.36. The largest absolute Gasteiger partial charge is 0.478 e. The van der Waals surface area contributed by atoms with Gasteiger partial charge in [-0.1, -0.05) is 6.58 Å². The third kappa shape index (κ3) is 1.56. The summed E-state index contributed by atoms with van der Waals surface area (Å²) in [6, 6.07) is 0. The molecule has 0 aromatic carbocycles. The molecule has 2 nitrogen and oxygen atoms in total. The molecule has 0 amide bonds. The first-order chi connectivity index (χ1) is 4.92. The predicted octanol–water partition coefficient (Wildman–Crippen LogP) is 1.67. The third-order valence-electron chi connectivity index (χ3n) is 1.86. The zero-order chi connectivity index (χ0) is 8.65. The number of carboxylic acids is 1. The van der Waals surface area contributed by atoms with E-state index in [-0.39, 0.29) is 18.4 Å². The standard InChI is InChI=1S/C7H8F2O2/c1-4(6(10)11)5-2-7(8,9)3-5/h5H,1-3H2,(H,10,11). The Morgan fingerprint density at radius 3 is 2.27 bits per heavy atom. The molecule has 1 N–H and O–H groups in total. The molecule has 1 rings (SSSR count). The van der Waals surface area contributed by atoms with Gasteiger partial charge in [0.2, 0.25) is 5.92 Å². The van der Waals surface area contributed by atoms with Gasteiger partial charge in [-0.3, -0.25) is 0 Å². The third-order valence-corrected chi connectivity index (χ3v) is 1.86. The van der Waals surface area contributed by atoms with Gasteiger partial charge in [0.05, 0.1) is 0 Å². The Kier molecular flexibility index (Phi) is 1.70. The Labute approximate surface area is 62.5 Å². The zero-order valence-electron chi connectivity index (χ0n) is 5.81. The van der Waals surface area contributed by atoms with Crippen LogP contribution in [-0.4, -0.2) is 17.0 Å². The first-order valence-corrected chi connectivity index (χ1v) is 3.22. The Morgan fingerprint density at radius 1 is 1.55 bits per heavy atom. The van der Waals surface area contributed by atoms with Crippen LogP contribution < -0.4 is 0 Å². The summed E-state index contributed by atoms with van der Waals surface area (Å²) >= 11 is 0. The van der Waals surface area contributed by atoms with Crippen LogP contribution in [0.25, 0.3) is 0 Å². The van der Waals surface area contributed by atoms with E-state index in [1.807, 2.05) is 0 Å². The van der Waals surface area contributed by atoms with Crippen molar-refractivity contribution < 1.29 is 18.7 Å². The quantitative estimate of drug-likeness (QED) is 0.627. The number of carboxylic acid groups (broad SMARTS) is 1. The van der Waals surface area contributed by atoms with Gasteiger partial charge in [-0.15, -0.1) is 0 Å². The highest BCUT2D eigenvalue weighted by molar-refractivity contribution is 5.86. The summed E-state index contributed by atoms with van der Waals surface area (Å²) in [5.41, 5.74) is -0.101. The molecule has 0 bridgehead atoms. The van der Waals surface area contributed by atoms with Gasteiger partial charge >= 0.3 is 5.97 Å². The summed E-state index contributed by atoms with van der Waals surface area (Å²) in [6.07, 6.45) is -0.726. The highest BCUT2D eigenvalue weighted by Crippen LogP contribution is 2.45. The van der Waals surface area contributed by atoms with E-state index in [0.29, 0.717) is 0 Å². The molecular formula is C7H8F2O2. The second-order valence-corrected chi connectivity index (χ2v) is 2.79. The van der Waals surface area contributed by atoms with E-state index < -0.39 is 17.8 Å². The molecule has 1 aliphatic carbocycles. The topological polar surface area (TPSA) is 37.3 Å². The molecular weight excluding hydrogens is 154 g/mol. The van der Waals surface area contributed by atoms with Crippen molar-refractivity contribution in [3.8, 4) is 0 Å². The van der Waals surface area contributed by atoms with E-state index >= 15 is 0 Å². The molecule has 0 radical (unpaired) electrons. The summed E-state index contributed by atoms with van der Waals surface area (Å²) in [7, 11) is 0. The van der Waals surface area contributed by atoms with E-state index in [0.717, 1.165) is 0 Å². The maximum Gasteiger partial charge on any atom is 0.331 e. The van der Waals surface area contributed by atoms with Crippen molar-refractivity contribution in [2.45, 2.75) is 18.8 Å². The highest BCUT2D eigenvalue weighted by Gasteiger charge is 2.47. The van der Waals surface area contributed by atoms with Crippen LogP contribution in [0, 0.1) is 5.92 Å². The fourth-order valence-corrected chi connectivity index (χ4v) is 1.08. The van der Waals surface area contributed by atoms with Gasteiger partial charge in [-0.2, -0.15) is 0 Å². The van der Waals surface area contributed by atoms with Gasteiger partial charge in [0.25, 0.3) is 0 Å². The van der Waals surface area contributed by atoms with Crippen LogP contribution in [0.4, 0.5) is 8.78 Å². The lowest BCUT2D eigenvalue weighted by atomic mass is 9.77. The van der Waals surface area contributed by atoms with Gasteiger partial charge in [-0.05, 0) is 0 Å². The minimum absolute atomic E-state index is 0.101. The SMILES string of the molecule is C=C(C(=O)O)C1CC(F)(F)C1. The predicted molar refractivity (Wildman–Crippen MR) is 34.4 cm³/mol. The van der Waals surface area contributed by atoms with Crippen molar-refractivity contribution in [2.75, 3.05) is 0 Å². The van der Waals surface area contributed by atoms with Gasteiger partial charge in [0.15, 0.2) is 0 Å². The molecule has 62 valence electrons. The van der Waals surface area contributed by atoms with Crippen LogP contribution in [0.3, 0.4) is 0 Å². The van der Waals surface area contributed by atoms with Crippen molar-refractivity contribution in [3.05, 3.63) is 12.2 Å². The van der Waals surface area contributed by atoms with Crippen molar-refractivity contribution in [1.29, 1.82) is 0 Å². The van der Waals surface area contributed by atoms with Gasteiger partial charge < -0.3 is 5.11 Å². The molecule has 0 heterocycles. The molecule has 0 aliphatic heterocycles. The molecule has 0 atom stereocenters. The Bertz CT molecular complexity index is 202. The van der Waals surface area contributed by atoms with Crippen molar-refractivity contribution >= 4 is 5.97 Å². The maximum atomic E-state index is 12.2. The summed E-state index contributed by atoms with van der Waals surface area (Å²) < 4.78 is 24.4. The summed E-state index contributed by atoms with van der Waals surface area (Å²) in [6.45, 7) is 3.21. The van der Waals surface area contributed by atoms with E-state index in [1.165, 1.54) is 0 Å². The lowest BCUT2D eigenvalue weighted by Gasteiger charge is -2.34. The van der Waals surface area contributed by atoms with Crippen molar-refractivity contribution in [1.82, 2.24) is 0 Å². The monoisotopic (exact) mass is 162 g/mol. The van der Waals surface area contributed by atoms with Crippen molar-refractivity contribution in [3.63, 3.8) is 0 Å². The molecule has 1 saturated carbocycles. The maximum absolute atomic E-state index is 12.2. The second-order valence-electron chi connectivity index (χ2n) is 2.79. The van der Waals surface area contributed by atoms with Crippen LogP contribution in [0.15, 0.2) is 12.2 Å². The average Bonchev–Trinajstić information content (AvgIpc) is 1.80. The van der Waals surface area contributed by atoms with Crippen LogP contribution in [0.5, 0.6) is 0 Å². The molecule has 1 fully saturated rings. The van der Waals surface area contributed by atoms with Gasteiger partial charge in [0.1, 0.15) is 0 Å². The van der Waals surface area contributed by atoms with Gasteiger partial charge in [0, 0.05) is 24.3 Å². The van der Waals surface area contributed by atoms with Crippen molar-refractivity contribution in [2.24, 2.45) is 5.92 Å². The molecule has 4 heteroatoms. The number of hydrogen-bond acceptors (Lipinski definition) is 1. The molecule has 0 saturated heterocycles. The molecule has 0 unspecified atom stereocenters. The van der Waals surface area contributed by atoms with Crippen LogP contribution in [0.2, 0.25) is 0 Å². The number of carbonyl (C=O) groups is 1. The van der Waals surface area contributed by atoms with Crippen LogP contribution >= 0.6 is 0 Å². The minimum Gasteiger partial charge on any atom is -0.478 e. The first kappa shape index (κ1) is 8.17. The van der Waals surface area contributed by atoms with E-state index in [2.05, 4.69) is 6.58 Å². The summed E-state index contributed by atoms with van der Waals surface area (Å²) in [4.78, 5) is 10.2. The number of aliphatic carboxylic acids is 1. The van der Waals surface area contributed by atoms with E-state index in [4.69, 9.17) is 5.11 Å². The lowest BCUT2D eigenvalue weighted by molar-refractivity contribution is -0.137. The van der Waals surface area contributed by atoms with E-state index in [1.54, 1.807) is 0 Å². The second kappa shape index (κ2) is 2.29. The Balaban J connectivity index is 2.45. The normalized spacial score (nSPS) is 22.4. The number of halogens is 2. The molecule has 0 aromatic heterocycles. The smallest absolute Gasteiger partial charge is 0.331 e. The molecule has 0 spiro atoms. The molecule has 11 heavy (non-hydrogen) atoms. The minimum atomic E-state index is -2.66. The van der Waals surface area contributed by atoms with E-state index in [9.17, 15) is 13.6 Å².